The molecule has 0 unspecified atom stereocenters. The van der Waals surface area contributed by atoms with Crippen LogP contribution in [0.5, 0.6) is 0 Å². The smallest absolute Gasteiger partial charge is 0.663 e. The Balaban J connectivity index is 0.000000178. The molecule has 7 rings (SSSR count). The SMILES string of the molecule is CSN1[CH-]N(/C=C2/C=CC=C[N-]2)C[C@H]1c1ccccc1.CSN1[CH-]N(/C=C2/C=CC=C[N-]2)C[C@H]1c1ccccc1.Cc1ccccc1.[Fe+4]. The fourth-order valence-corrected chi connectivity index (χ4v) is 6.58. The second-order valence-corrected chi connectivity index (χ2v) is 12.6. The van der Waals surface area contributed by atoms with Gasteiger partial charge in [-0.3, -0.25) is 0 Å². The molecule has 3 aromatic carbocycles. The molecule has 4 aliphatic heterocycles. The van der Waals surface area contributed by atoms with Crippen LogP contribution in [-0.2, 0) is 17.1 Å². The van der Waals surface area contributed by atoms with Gasteiger partial charge in [0.2, 0.25) is 0 Å². The second-order valence-electron chi connectivity index (χ2n) is 11.0. The van der Waals surface area contributed by atoms with Crippen molar-refractivity contribution < 1.29 is 17.1 Å². The molecule has 0 bridgehead atoms. The van der Waals surface area contributed by atoms with E-state index >= 15 is 0 Å². The quantitative estimate of drug-likeness (QED) is 0.144. The molecule has 0 aromatic heterocycles. The minimum Gasteiger partial charge on any atom is -0.663 e. The van der Waals surface area contributed by atoms with Crippen LogP contribution < -0.4 is 0 Å². The number of hydrogen-bond donors (Lipinski definition) is 0. The van der Waals surface area contributed by atoms with E-state index in [4.69, 9.17) is 0 Å². The van der Waals surface area contributed by atoms with Crippen molar-refractivity contribution in [2.24, 2.45) is 0 Å². The molecule has 9 heteroatoms. The van der Waals surface area contributed by atoms with E-state index < -0.39 is 0 Å². The Hall–Kier alpha value is -3.56. The summed E-state index contributed by atoms with van der Waals surface area (Å²) in [6.07, 6.45) is 24.0. The van der Waals surface area contributed by atoms with Gasteiger partial charge in [-0.15, -0.1) is 35.3 Å². The van der Waals surface area contributed by atoms with Crippen LogP contribution >= 0.6 is 23.9 Å². The summed E-state index contributed by atoms with van der Waals surface area (Å²) in [4.78, 5) is 4.41. The van der Waals surface area contributed by atoms with Crippen LogP contribution in [0.25, 0.3) is 10.6 Å². The maximum Gasteiger partial charge on any atom is 4.00 e. The van der Waals surface area contributed by atoms with Crippen LogP contribution in [0.2, 0.25) is 0 Å². The van der Waals surface area contributed by atoms with E-state index in [-0.39, 0.29) is 17.1 Å². The molecule has 0 aliphatic carbocycles. The van der Waals surface area contributed by atoms with Gasteiger partial charge in [-0.05, 0) is 43.0 Å². The zero-order valence-corrected chi connectivity index (χ0v) is 30.2. The molecule has 0 N–H and O–H groups in total. The van der Waals surface area contributed by atoms with Crippen LogP contribution in [-0.4, -0.2) is 44.0 Å². The Labute approximate surface area is 306 Å². The van der Waals surface area contributed by atoms with Gasteiger partial charge in [0, 0.05) is 25.2 Å². The summed E-state index contributed by atoms with van der Waals surface area (Å²) in [7, 11) is 0. The summed E-state index contributed by atoms with van der Waals surface area (Å²) >= 11 is 3.49. The number of nitrogens with zero attached hydrogens (tertiary/aromatic N) is 6. The molecule has 2 saturated heterocycles. The Morgan fingerprint density at radius 1 is 0.604 bits per heavy atom. The molecule has 4 heterocycles. The van der Waals surface area contributed by atoms with Gasteiger partial charge >= 0.3 is 17.1 Å². The second kappa shape index (κ2) is 20.1. The van der Waals surface area contributed by atoms with Crippen molar-refractivity contribution in [1.29, 1.82) is 0 Å². The molecule has 6 nitrogen and oxygen atoms in total. The Bertz CT molecular complexity index is 1460. The van der Waals surface area contributed by atoms with Crippen molar-refractivity contribution in [3.63, 3.8) is 0 Å². The Morgan fingerprint density at radius 3 is 1.31 bits per heavy atom. The van der Waals surface area contributed by atoms with Gasteiger partial charge in [0.25, 0.3) is 0 Å². The molecule has 248 valence electrons. The van der Waals surface area contributed by atoms with E-state index in [1.807, 2.05) is 67.1 Å². The summed E-state index contributed by atoms with van der Waals surface area (Å²) in [5.74, 6) is 0. The third kappa shape index (κ3) is 11.3. The van der Waals surface area contributed by atoms with Gasteiger partial charge in [-0.25, -0.2) is 0 Å². The molecule has 0 amide bonds. The van der Waals surface area contributed by atoms with Crippen molar-refractivity contribution in [3.05, 3.63) is 204 Å². The van der Waals surface area contributed by atoms with Crippen LogP contribution in [0, 0.1) is 20.3 Å². The predicted octanol–water partition coefficient (Wildman–Crippen LogP) is 10.1. The molecule has 0 saturated carbocycles. The van der Waals surface area contributed by atoms with Crippen molar-refractivity contribution in [3.8, 4) is 0 Å². The van der Waals surface area contributed by atoms with Crippen molar-refractivity contribution in [1.82, 2.24) is 18.4 Å². The van der Waals surface area contributed by atoms with E-state index in [1.165, 1.54) is 16.7 Å². The van der Waals surface area contributed by atoms with E-state index in [0.29, 0.717) is 12.1 Å². The summed E-state index contributed by atoms with van der Waals surface area (Å²) in [5.41, 5.74) is 5.98. The van der Waals surface area contributed by atoms with Crippen molar-refractivity contribution >= 4 is 23.9 Å². The number of rotatable bonds is 6. The molecule has 2 fully saturated rings. The predicted molar refractivity (Wildman–Crippen MR) is 202 cm³/mol. The van der Waals surface area contributed by atoms with E-state index in [2.05, 4.69) is 147 Å². The first kappa shape index (κ1) is 37.3. The fraction of sp³-hybridized carbons (Fsp3) is 0.179. The first-order valence-electron chi connectivity index (χ1n) is 15.6. The zero-order chi connectivity index (χ0) is 32.7. The first-order valence-corrected chi connectivity index (χ1v) is 18.0. The van der Waals surface area contributed by atoms with Gasteiger partial charge in [0.15, 0.2) is 0 Å². The third-order valence-corrected chi connectivity index (χ3v) is 9.15. The molecule has 0 radical (unpaired) electrons. The molecule has 48 heavy (non-hydrogen) atoms. The number of aryl methyl sites for hydroxylation is 1. The van der Waals surface area contributed by atoms with E-state index in [1.54, 1.807) is 23.9 Å². The van der Waals surface area contributed by atoms with Gasteiger partial charge in [-0.2, -0.15) is 25.7 Å². The number of allylic oxidation sites excluding steroid dienone is 6. The summed E-state index contributed by atoms with van der Waals surface area (Å²) in [6.45, 7) is 8.27. The summed E-state index contributed by atoms with van der Waals surface area (Å²) < 4.78 is 4.57. The van der Waals surface area contributed by atoms with Crippen LogP contribution in [0.1, 0.15) is 28.8 Å². The van der Waals surface area contributed by atoms with Crippen LogP contribution in [0.4, 0.5) is 0 Å². The normalized spacial score (nSPS) is 21.6. The average Bonchev–Trinajstić information content (AvgIpc) is 3.74. The Kier molecular flexibility index (Phi) is 15.6. The molecule has 2 atom stereocenters. The molecular weight excluding hydrogens is 672 g/mol. The van der Waals surface area contributed by atoms with Crippen molar-refractivity contribution in [2.75, 3.05) is 25.6 Å². The van der Waals surface area contributed by atoms with E-state index in [9.17, 15) is 0 Å². The van der Waals surface area contributed by atoms with Gasteiger partial charge in [0.1, 0.15) is 0 Å². The minimum atomic E-state index is 0. The van der Waals surface area contributed by atoms with Crippen LogP contribution in [0.15, 0.2) is 164 Å². The molecule has 4 aliphatic rings. The van der Waals surface area contributed by atoms with Gasteiger partial charge in [0.05, 0.1) is 0 Å². The first-order chi connectivity index (χ1) is 23.1. The number of hydrogen-bond acceptors (Lipinski definition) is 6. The van der Waals surface area contributed by atoms with Gasteiger partial charge in [-0.1, -0.05) is 133 Å². The molecular formula is C39H42FeN6S2. The summed E-state index contributed by atoms with van der Waals surface area (Å²) in [5, 5.41) is 8.70. The molecule has 0 spiro atoms. The van der Waals surface area contributed by atoms with E-state index in [0.717, 1.165) is 24.5 Å². The van der Waals surface area contributed by atoms with Gasteiger partial charge < -0.3 is 29.0 Å². The van der Waals surface area contributed by atoms with Crippen molar-refractivity contribution in [2.45, 2.75) is 19.0 Å². The minimum absolute atomic E-state index is 0. The largest absolute Gasteiger partial charge is 4.00 e. The topological polar surface area (TPSA) is 41.2 Å². The fourth-order valence-electron chi connectivity index (χ4n) is 5.26. The maximum absolute atomic E-state index is 4.35. The summed E-state index contributed by atoms with van der Waals surface area (Å²) in [6, 6.07) is 32.3. The Morgan fingerprint density at radius 2 is 1.00 bits per heavy atom. The zero-order valence-electron chi connectivity index (χ0n) is 27.5. The third-order valence-electron chi connectivity index (χ3n) is 7.61. The maximum atomic E-state index is 4.35. The molecule has 3 aromatic rings. The monoisotopic (exact) mass is 714 g/mol. The average molecular weight is 715 g/mol. The number of benzene rings is 3. The van der Waals surface area contributed by atoms with Crippen LogP contribution in [0.3, 0.4) is 0 Å². The standard InChI is InChI=1S/2C16H17N3S.C7H8.Fe/c2*1-20-19-13-18(11-15-9-5-6-10-17-15)12-16(19)14-7-3-2-4-8-14;1-7-5-3-2-4-6-7;/h2*2-11,13,16H,12H2,1H3;2-6H,1H3;/q2*-2;;+4/b2*15-11-;;/t2*16-;;/m00../s1.